The van der Waals surface area contributed by atoms with Crippen LogP contribution >= 0.6 is 0 Å². The molecule has 3 rings (SSSR count). The average Bonchev–Trinajstić information content (AvgIpc) is 2.67. The Kier molecular flexibility index (Phi) is 5.28. The van der Waals surface area contributed by atoms with Crippen molar-refractivity contribution in [1.29, 1.82) is 0 Å². The van der Waals surface area contributed by atoms with E-state index in [-0.39, 0.29) is 11.9 Å². The number of nitrogens with one attached hydrogen (secondary N) is 1. The molecule has 0 atom stereocenters. The summed E-state index contributed by atoms with van der Waals surface area (Å²) in [5.74, 6) is -0.0828. The van der Waals surface area contributed by atoms with E-state index < -0.39 is 0 Å². The number of urea groups is 1. The van der Waals surface area contributed by atoms with E-state index in [0.717, 1.165) is 11.1 Å². The molecule has 0 saturated carbocycles. The first-order chi connectivity index (χ1) is 12.1. The largest absolute Gasteiger partial charge is 0.334 e. The van der Waals surface area contributed by atoms with Crippen molar-refractivity contribution < 1.29 is 9.59 Å². The molecule has 1 aliphatic heterocycles. The monoisotopic (exact) mass is 338 g/mol. The zero-order chi connectivity index (χ0) is 17.6. The topological polar surface area (TPSA) is 65.5 Å². The van der Waals surface area contributed by atoms with Gasteiger partial charge in [-0.05, 0) is 30.2 Å². The number of hydrogen-bond donors (Lipinski definition) is 1. The van der Waals surface area contributed by atoms with E-state index in [1.54, 1.807) is 34.2 Å². The lowest BCUT2D eigenvalue weighted by atomic mass is 10.1. The first-order valence-corrected chi connectivity index (χ1v) is 8.43. The summed E-state index contributed by atoms with van der Waals surface area (Å²) in [4.78, 5) is 32.3. The molecule has 1 aromatic carbocycles. The Morgan fingerprint density at radius 1 is 1.00 bits per heavy atom. The summed E-state index contributed by atoms with van der Waals surface area (Å²) in [6, 6.07) is 13.2. The van der Waals surface area contributed by atoms with Crippen molar-refractivity contribution in [3.05, 3.63) is 65.5 Å². The number of pyridine rings is 1. The van der Waals surface area contributed by atoms with Gasteiger partial charge in [-0.25, -0.2) is 4.79 Å². The fraction of sp³-hybridized carbons (Fsp3) is 0.316. The van der Waals surface area contributed by atoms with Crippen LogP contribution in [-0.4, -0.2) is 52.9 Å². The van der Waals surface area contributed by atoms with Crippen LogP contribution in [0.3, 0.4) is 0 Å². The van der Waals surface area contributed by atoms with Gasteiger partial charge < -0.3 is 15.1 Å². The van der Waals surface area contributed by atoms with Crippen LogP contribution in [0.4, 0.5) is 4.79 Å². The number of hydrogen-bond acceptors (Lipinski definition) is 3. The van der Waals surface area contributed by atoms with Gasteiger partial charge in [0.05, 0.1) is 0 Å². The van der Waals surface area contributed by atoms with Crippen LogP contribution in [0, 0.1) is 6.92 Å². The third-order valence-corrected chi connectivity index (χ3v) is 4.43. The number of aryl methyl sites for hydroxylation is 1. The first-order valence-electron chi connectivity index (χ1n) is 8.43. The molecule has 3 amide bonds. The van der Waals surface area contributed by atoms with Gasteiger partial charge in [-0.15, -0.1) is 0 Å². The Hall–Kier alpha value is -2.89. The lowest BCUT2D eigenvalue weighted by molar-refractivity contribution is 0.0659. The molecule has 1 fully saturated rings. The minimum Gasteiger partial charge on any atom is -0.334 e. The normalized spacial score (nSPS) is 14.3. The molecular formula is C19H22N4O2. The predicted molar refractivity (Wildman–Crippen MR) is 95.1 cm³/mol. The molecule has 0 bridgehead atoms. The smallest absolute Gasteiger partial charge is 0.317 e. The minimum atomic E-state index is -0.0896. The van der Waals surface area contributed by atoms with Crippen LogP contribution < -0.4 is 5.32 Å². The van der Waals surface area contributed by atoms with Gasteiger partial charge >= 0.3 is 6.03 Å². The average molecular weight is 338 g/mol. The number of amides is 3. The Morgan fingerprint density at radius 2 is 1.68 bits per heavy atom. The quantitative estimate of drug-likeness (QED) is 0.931. The van der Waals surface area contributed by atoms with E-state index in [0.29, 0.717) is 38.4 Å². The van der Waals surface area contributed by atoms with Gasteiger partial charge in [0, 0.05) is 38.9 Å². The summed E-state index contributed by atoms with van der Waals surface area (Å²) in [6.07, 6.45) is 1.61. The van der Waals surface area contributed by atoms with Gasteiger partial charge in [-0.2, -0.15) is 0 Å². The van der Waals surface area contributed by atoms with Crippen molar-refractivity contribution in [2.45, 2.75) is 13.5 Å². The van der Waals surface area contributed by atoms with Gasteiger partial charge in [0.1, 0.15) is 5.69 Å². The highest BCUT2D eigenvalue weighted by Crippen LogP contribution is 2.09. The summed E-state index contributed by atoms with van der Waals surface area (Å²) >= 11 is 0. The maximum absolute atomic E-state index is 12.4. The van der Waals surface area contributed by atoms with Crippen LogP contribution in [0.1, 0.15) is 21.6 Å². The predicted octanol–water partition coefficient (Wildman–Crippen LogP) is 2.06. The van der Waals surface area contributed by atoms with E-state index in [2.05, 4.69) is 10.3 Å². The lowest BCUT2D eigenvalue weighted by Crippen LogP contribution is -2.53. The molecule has 2 heterocycles. The molecule has 6 nitrogen and oxygen atoms in total. The van der Waals surface area contributed by atoms with Crippen molar-refractivity contribution >= 4 is 11.9 Å². The molecule has 0 unspecified atom stereocenters. The number of carbonyl (C=O) groups is 2. The third kappa shape index (κ3) is 4.15. The van der Waals surface area contributed by atoms with Crippen LogP contribution in [0.2, 0.25) is 0 Å². The number of aromatic nitrogens is 1. The molecular weight excluding hydrogens is 316 g/mol. The maximum atomic E-state index is 12.4. The zero-order valence-corrected chi connectivity index (χ0v) is 14.3. The van der Waals surface area contributed by atoms with E-state index in [1.807, 2.05) is 31.2 Å². The number of benzene rings is 1. The van der Waals surface area contributed by atoms with Crippen molar-refractivity contribution in [3.63, 3.8) is 0 Å². The van der Waals surface area contributed by atoms with Crippen molar-refractivity contribution in [3.8, 4) is 0 Å². The number of piperazine rings is 1. The zero-order valence-electron chi connectivity index (χ0n) is 14.3. The molecule has 25 heavy (non-hydrogen) atoms. The SMILES string of the molecule is Cc1ccccc1CNC(=O)N1CCN(C(=O)c2ccccn2)CC1. The van der Waals surface area contributed by atoms with E-state index >= 15 is 0 Å². The van der Waals surface area contributed by atoms with Crippen LogP contribution in [0.25, 0.3) is 0 Å². The summed E-state index contributed by atoms with van der Waals surface area (Å²) in [6.45, 7) is 4.64. The molecule has 0 aliphatic carbocycles. The highest BCUT2D eigenvalue weighted by molar-refractivity contribution is 5.92. The van der Waals surface area contributed by atoms with Gasteiger partial charge in [0.2, 0.25) is 0 Å². The van der Waals surface area contributed by atoms with E-state index in [1.165, 1.54) is 0 Å². The number of carbonyl (C=O) groups excluding carboxylic acids is 2. The second kappa shape index (κ2) is 7.79. The molecule has 1 aliphatic rings. The highest BCUT2D eigenvalue weighted by Gasteiger charge is 2.25. The highest BCUT2D eigenvalue weighted by atomic mass is 16.2. The number of rotatable bonds is 3. The third-order valence-electron chi connectivity index (χ3n) is 4.43. The Morgan fingerprint density at radius 3 is 2.36 bits per heavy atom. The maximum Gasteiger partial charge on any atom is 0.317 e. The molecule has 130 valence electrons. The van der Waals surface area contributed by atoms with Gasteiger partial charge in [-0.1, -0.05) is 30.3 Å². The molecule has 1 saturated heterocycles. The van der Waals surface area contributed by atoms with Crippen LogP contribution in [0.5, 0.6) is 0 Å². The van der Waals surface area contributed by atoms with Crippen LogP contribution in [0.15, 0.2) is 48.7 Å². The summed E-state index contributed by atoms with van der Waals surface area (Å²) in [5.41, 5.74) is 2.72. The van der Waals surface area contributed by atoms with Crippen molar-refractivity contribution in [2.24, 2.45) is 0 Å². The van der Waals surface area contributed by atoms with Gasteiger partial charge in [0.25, 0.3) is 5.91 Å². The first kappa shape index (κ1) is 17.0. The molecule has 1 N–H and O–H groups in total. The summed E-state index contributed by atoms with van der Waals surface area (Å²) in [7, 11) is 0. The standard InChI is InChI=1S/C19H22N4O2/c1-15-6-2-3-7-16(15)14-21-19(25)23-12-10-22(11-13-23)18(24)17-8-4-5-9-20-17/h2-9H,10-14H2,1H3,(H,21,25). The molecule has 0 radical (unpaired) electrons. The minimum absolute atomic E-state index is 0.0828. The Balaban J connectivity index is 1.49. The lowest BCUT2D eigenvalue weighted by Gasteiger charge is -2.34. The fourth-order valence-corrected chi connectivity index (χ4v) is 2.85. The second-order valence-electron chi connectivity index (χ2n) is 6.08. The van der Waals surface area contributed by atoms with E-state index in [4.69, 9.17) is 0 Å². The Labute approximate surface area is 147 Å². The van der Waals surface area contributed by atoms with Gasteiger partial charge in [-0.3, -0.25) is 9.78 Å². The Bertz CT molecular complexity index is 740. The van der Waals surface area contributed by atoms with Crippen molar-refractivity contribution in [1.82, 2.24) is 20.1 Å². The molecule has 6 heteroatoms. The fourth-order valence-electron chi connectivity index (χ4n) is 2.85. The van der Waals surface area contributed by atoms with Crippen LogP contribution in [-0.2, 0) is 6.54 Å². The molecule has 2 aromatic rings. The van der Waals surface area contributed by atoms with Crippen molar-refractivity contribution in [2.75, 3.05) is 26.2 Å². The summed E-state index contributed by atoms with van der Waals surface area (Å²) < 4.78 is 0. The second-order valence-corrected chi connectivity index (χ2v) is 6.08. The summed E-state index contributed by atoms with van der Waals surface area (Å²) in [5, 5.41) is 2.96. The van der Waals surface area contributed by atoms with Gasteiger partial charge in [0.15, 0.2) is 0 Å². The number of nitrogens with zero attached hydrogens (tertiary/aromatic N) is 3. The molecule has 1 aromatic heterocycles. The molecule has 0 spiro atoms. The van der Waals surface area contributed by atoms with E-state index in [9.17, 15) is 9.59 Å².